The molecule has 6 nitrogen and oxygen atoms in total. The van der Waals surface area contributed by atoms with Crippen LogP contribution in [0.25, 0.3) is 0 Å². The van der Waals surface area contributed by atoms with E-state index in [0.29, 0.717) is 29.2 Å². The van der Waals surface area contributed by atoms with Crippen LogP contribution >= 0.6 is 15.9 Å². The minimum absolute atomic E-state index is 0.0419. The van der Waals surface area contributed by atoms with Gasteiger partial charge in [0, 0.05) is 25.1 Å². The van der Waals surface area contributed by atoms with Gasteiger partial charge in [0.2, 0.25) is 0 Å². The van der Waals surface area contributed by atoms with Gasteiger partial charge >= 0.3 is 0 Å². The van der Waals surface area contributed by atoms with Crippen molar-refractivity contribution in [2.75, 3.05) is 6.54 Å². The second-order valence-electron chi connectivity index (χ2n) is 5.15. The largest absolute Gasteiger partial charge is 0.457 e. The van der Waals surface area contributed by atoms with E-state index in [4.69, 9.17) is 4.42 Å². The predicted molar refractivity (Wildman–Crippen MR) is 75.3 cm³/mol. The van der Waals surface area contributed by atoms with E-state index in [-0.39, 0.29) is 5.91 Å². The molecule has 0 bridgehead atoms. The van der Waals surface area contributed by atoms with Gasteiger partial charge in [-0.2, -0.15) is 0 Å². The second-order valence-corrected chi connectivity index (χ2v) is 5.93. The van der Waals surface area contributed by atoms with Gasteiger partial charge in [-0.3, -0.25) is 4.79 Å². The van der Waals surface area contributed by atoms with Crippen LogP contribution in [0.5, 0.6) is 0 Å². The van der Waals surface area contributed by atoms with Crippen LogP contribution in [-0.2, 0) is 13.1 Å². The molecular weight excluding hydrogens is 324 g/mol. The zero-order valence-corrected chi connectivity index (χ0v) is 12.9. The van der Waals surface area contributed by atoms with Crippen LogP contribution in [0.2, 0.25) is 0 Å². The van der Waals surface area contributed by atoms with Gasteiger partial charge in [0.05, 0.1) is 12.1 Å². The number of amides is 1. The van der Waals surface area contributed by atoms with E-state index >= 15 is 0 Å². The molecule has 0 spiro atoms. The number of aromatic nitrogens is 3. The Kier molecular flexibility index (Phi) is 3.37. The van der Waals surface area contributed by atoms with Gasteiger partial charge in [-0.1, -0.05) is 13.8 Å². The fourth-order valence-corrected chi connectivity index (χ4v) is 2.73. The van der Waals surface area contributed by atoms with E-state index in [1.165, 1.54) is 6.26 Å². The van der Waals surface area contributed by atoms with E-state index in [1.54, 1.807) is 11.0 Å². The molecule has 3 heterocycles. The minimum Gasteiger partial charge on any atom is -0.457 e. The molecule has 0 radical (unpaired) electrons. The van der Waals surface area contributed by atoms with Crippen molar-refractivity contribution >= 4 is 21.8 Å². The van der Waals surface area contributed by atoms with Crippen LogP contribution < -0.4 is 0 Å². The third-order valence-corrected chi connectivity index (χ3v) is 3.82. The van der Waals surface area contributed by atoms with E-state index in [9.17, 15) is 4.79 Å². The van der Waals surface area contributed by atoms with Gasteiger partial charge in [0.15, 0.2) is 10.5 Å². The number of halogens is 1. The highest BCUT2D eigenvalue weighted by Gasteiger charge is 2.26. The highest BCUT2D eigenvalue weighted by Crippen LogP contribution is 2.21. The number of nitrogens with zero attached hydrogens (tertiary/aromatic N) is 4. The van der Waals surface area contributed by atoms with Crippen LogP contribution in [0.15, 0.2) is 21.4 Å². The summed E-state index contributed by atoms with van der Waals surface area (Å²) in [5.41, 5.74) is 0.550. The van der Waals surface area contributed by atoms with E-state index in [2.05, 4.69) is 44.5 Å². The molecule has 2 aromatic heterocycles. The summed E-state index contributed by atoms with van der Waals surface area (Å²) >= 11 is 3.21. The first kappa shape index (κ1) is 13.4. The number of rotatable bonds is 2. The maximum atomic E-state index is 12.4. The van der Waals surface area contributed by atoms with Gasteiger partial charge in [0.25, 0.3) is 5.91 Å². The van der Waals surface area contributed by atoms with Gasteiger partial charge < -0.3 is 13.9 Å². The van der Waals surface area contributed by atoms with E-state index in [1.807, 2.05) is 0 Å². The molecule has 1 aliphatic heterocycles. The summed E-state index contributed by atoms with van der Waals surface area (Å²) in [5.74, 6) is 2.12. The zero-order chi connectivity index (χ0) is 14.3. The number of carbonyl (C=O) groups excluding carboxylic acids is 1. The number of carbonyl (C=O) groups is 1. The molecule has 7 heteroatoms. The Hall–Kier alpha value is -1.63. The summed E-state index contributed by atoms with van der Waals surface area (Å²) in [6.07, 6.45) is 1.46. The lowest BCUT2D eigenvalue weighted by Gasteiger charge is -2.27. The van der Waals surface area contributed by atoms with Crippen molar-refractivity contribution in [2.24, 2.45) is 0 Å². The lowest BCUT2D eigenvalue weighted by Crippen LogP contribution is -2.38. The summed E-state index contributed by atoms with van der Waals surface area (Å²) in [5, 5.41) is 8.41. The summed E-state index contributed by atoms with van der Waals surface area (Å²) in [4.78, 5) is 14.1. The third kappa shape index (κ3) is 2.26. The van der Waals surface area contributed by atoms with Crippen molar-refractivity contribution in [3.8, 4) is 0 Å². The molecule has 20 heavy (non-hydrogen) atoms. The van der Waals surface area contributed by atoms with Gasteiger partial charge in [0.1, 0.15) is 12.1 Å². The smallest absolute Gasteiger partial charge is 0.257 e. The molecule has 106 valence electrons. The highest BCUT2D eigenvalue weighted by atomic mass is 79.9. The highest BCUT2D eigenvalue weighted by molar-refractivity contribution is 9.10. The first-order chi connectivity index (χ1) is 9.56. The van der Waals surface area contributed by atoms with Crippen LogP contribution in [-0.4, -0.2) is 32.1 Å². The van der Waals surface area contributed by atoms with Crippen molar-refractivity contribution in [3.63, 3.8) is 0 Å². The Labute approximate surface area is 124 Å². The average Bonchev–Trinajstić information content (AvgIpc) is 3.03. The first-order valence-corrected chi connectivity index (χ1v) is 7.31. The molecule has 1 amide bonds. The Bertz CT molecular complexity index is 647. The molecule has 0 aromatic carbocycles. The Morgan fingerprint density at radius 1 is 1.40 bits per heavy atom. The Morgan fingerprint density at radius 3 is 2.85 bits per heavy atom. The molecule has 0 saturated carbocycles. The monoisotopic (exact) mass is 338 g/mol. The van der Waals surface area contributed by atoms with E-state index < -0.39 is 0 Å². The zero-order valence-electron chi connectivity index (χ0n) is 11.3. The number of fused-ring (bicyclic) bond motifs is 1. The molecule has 3 rings (SSSR count). The fourth-order valence-electron chi connectivity index (χ4n) is 2.39. The van der Waals surface area contributed by atoms with Crippen LogP contribution in [0.4, 0.5) is 0 Å². The minimum atomic E-state index is -0.0419. The van der Waals surface area contributed by atoms with Gasteiger partial charge in [-0.25, -0.2) is 0 Å². The van der Waals surface area contributed by atoms with Crippen molar-refractivity contribution < 1.29 is 9.21 Å². The summed E-state index contributed by atoms with van der Waals surface area (Å²) in [6.45, 7) is 6.07. The first-order valence-electron chi connectivity index (χ1n) is 6.51. The summed E-state index contributed by atoms with van der Waals surface area (Å²) in [6, 6.07) is 1.68. The van der Waals surface area contributed by atoms with Crippen molar-refractivity contribution in [1.82, 2.24) is 19.7 Å². The molecule has 0 fully saturated rings. The van der Waals surface area contributed by atoms with Gasteiger partial charge in [-0.15, -0.1) is 10.2 Å². The lowest BCUT2D eigenvalue weighted by atomic mass is 10.2. The average molecular weight is 339 g/mol. The second kappa shape index (κ2) is 5.05. The normalized spacial score (nSPS) is 14.7. The Morgan fingerprint density at radius 2 is 2.20 bits per heavy atom. The van der Waals surface area contributed by atoms with Crippen LogP contribution in [0.3, 0.4) is 0 Å². The van der Waals surface area contributed by atoms with Crippen LogP contribution in [0, 0.1) is 0 Å². The fraction of sp³-hybridized carbons (Fsp3) is 0.462. The molecule has 2 aromatic rings. The summed E-state index contributed by atoms with van der Waals surface area (Å²) in [7, 11) is 0. The van der Waals surface area contributed by atoms with Crippen molar-refractivity contribution in [2.45, 2.75) is 32.9 Å². The molecule has 0 unspecified atom stereocenters. The SMILES string of the molecule is CC(C)c1nnc2n1CCN(C(=O)c1coc(Br)c1)C2. The van der Waals surface area contributed by atoms with E-state index in [0.717, 1.165) is 18.2 Å². The number of hydrogen-bond donors (Lipinski definition) is 0. The molecule has 0 atom stereocenters. The number of furan rings is 1. The number of hydrogen-bond acceptors (Lipinski definition) is 4. The summed E-state index contributed by atoms with van der Waals surface area (Å²) < 4.78 is 7.79. The maximum Gasteiger partial charge on any atom is 0.257 e. The molecule has 0 saturated heterocycles. The Balaban J connectivity index is 1.81. The van der Waals surface area contributed by atoms with Gasteiger partial charge in [-0.05, 0) is 15.9 Å². The third-order valence-electron chi connectivity index (χ3n) is 3.40. The molecule has 1 aliphatic rings. The molecule has 0 aliphatic carbocycles. The van der Waals surface area contributed by atoms with Crippen molar-refractivity contribution in [1.29, 1.82) is 0 Å². The topological polar surface area (TPSA) is 64.2 Å². The maximum absolute atomic E-state index is 12.4. The standard InChI is InChI=1S/C13H15BrN4O2/c1-8(2)12-16-15-11-6-17(3-4-18(11)12)13(19)9-5-10(14)20-7-9/h5,7-8H,3-4,6H2,1-2H3. The van der Waals surface area contributed by atoms with Crippen molar-refractivity contribution in [3.05, 3.63) is 34.2 Å². The lowest BCUT2D eigenvalue weighted by molar-refractivity contribution is 0.0705. The van der Waals surface area contributed by atoms with Crippen LogP contribution in [0.1, 0.15) is 41.8 Å². The molecule has 0 N–H and O–H groups in total. The molecular formula is C13H15BrN4O2. The quantitative estimate of drug-likeness (QED) is 0.843. The predicted octanol–water partition coefficient (Wildman–Crippen LogP) is 2.41.